The van der Waals surface area contributed by atoms with Gasteiger partial charge in [0.25, 0.3) is 11.7 Å². The van der Waals surface area contributed by atoms with Crippen LogP contribution in [0.3, 0.4) is 0 Å². The van der Waals surface area contributed by atoms with Crippen molar-refractivity contribution in [2.75, 3.05) is 26.9 Å². The van der Waals surface area contributed by atoms with E-state index in [0.29, 0.717) is 29.2 Å². The number of carbonyl (C=O) groups excluding carboxylic acids is 2. The number of ether oxygens (including phenoxy) is 3. The number of rotatable bonds is 9. The summed E-state index contributed by atoms with van der Waals surface area (Å²) in [4.78, 5) is 27.3. The van der Waals surface area contributed by atoms with Crippen molar-refractivity contribution >= 4 is 17.4 Å². The lowest BCUT2D eigenvalue weighted by Crippen LogP contribution is -2.32. The molecule has 170 valence electrons. The smallest absolute Gasteiger partial charge is 0.295 e. The summed E-state index contributed by atoms with van der Waals surface area (Å²) in [6.07, 6.45) is -0.0478. The summed E-state index contributed by atoms with van der Waals surface area (Å²) >= 11 is 0. The predicted molar refractivity (Wildman–Crippen MR) is 121 cm³/mol. The van der Waals surface area contributed by atoms with Gasteiger partial charge in [0, 0.05) is 19.2 Å². The van der Waals surface area contributed by atoms with E-state index in [1.165, 1.54) is 12.0 Å². The molecule has 2 aromatic rings. The van der Waals surface area contributed by atoms with Crippen LogP contribution >= 0.6 is 0 Å². The highest BCUT2D eigenvalue weighted by molar-refractivity contribution is 6.46. The third-order valence-corrected chi connectivity index (χ3v) is 5.04. The first-order chi connectivity index (χ1) is 15.4. The quantitative estimate of drug-likeness (QED) is 0.362. The lowest BCUT2D eigenvalue weighted by Gasteiger charge is -2.25. The van der Waals surface area contributed by atoms with Gasteiger partial charge in [0.2, 0.25) is 0 Å². The van der Waals surface area contributed by atoms with Crippen molar-refractivity contribution in [1.29, 1.82) is 0 Å². The van der Waals surface area contributed by atoms with Crippen LogP contribution in [0.5, 0.6) is 11.5 Å². The molecule has 1 N–H and O–H groups in total. The first-order valence-electron chi connectivity index (χ1n) is 10.6. The number of methoxy groups -OCH3 is 1. The molecule has 2 aromatic carbocycles. The van der Waals surface area contributed by atoms with Crippen molar-refractivity contribution in [3.8, 4) is 11.5 Å². The molecule has 32 heavy (non-hydrogen) atoms. The highest BCUT2D eigenvalue weighted by atomic mass is 16.5. The predicted octanol–water partition coefficient (Wildman–Crippen LogP) is 3.94. The Bertz CT molecular complexity index is 1010. The molecule has 1 fully saturated rings. The van der Waals surface area contributed by atoms with E-state index in [0.717, 1.165) is 0 Å². The van der Waals surface area contributed by atoms with Crippen LogP contribution < -0.4 is 9.47 Å². The Kier molecular flexibility index (Phi) is 7.53. The molecule has 1 unspecified atom stereocenters. The van der Waals surface area contributed by atoms with Crippen molar-refractivity contribution < 1.29 is 28.9 Å². The van der Waals surface area contributed by atoms with E-state index >= 15 is 0 Å². The molecule has 7 heteroatoms. The van der Waals surface area contributed by atoms with Crippen LogP contribution in [-0.4, -0.2) is 54.7 Å². The third kappa shape index (κ3) is 4.94. The molecule has 0 radical (unpaired) electrons. The molecule has 3 rings (SSSR count). The van der Waals surface area contributed by atoms with E-state index in [9.17, 15) is 14.7 Å². The molecule has 0 bridgehead atoms. The zero-order chi connectivity index (χ0) is 23.3. The molecule has 0 saturated carbocycles. The maximum Gasteiger partial charge on any atom is 0.295 e. The Morgan fingerprint density at radius 3 is 2.50 bits per heavy atom. The molecule has 1 saturated heterocycles. The third-order valence-electron chi connectivity index (χ3n) is 5.04. The van der Waals surface area contributed by atoms with Gasteiger partial charge in [-0.1, -0.05) is 24.3 Å². The molecule has 7 nitrogen and oxygen atoms in total. The van der Waals surface area contributed by atoms with Crippen molar-refractivity contribution in [1.82, 2.24) is 4.90 Å². The molecule has 1 aliphatic heterocycles. The van der Waals surface area contributed by atoms with Gasteiger partial charge < -0.3 is 24.2 Å². The summed E-state index contributed by atoms with van der Waals surface area (Å²) in [7, 11) is 1.53. The SMILES string of the molecule is CCOc1cccc(C2/C(=C(/O)c3cccc(OC(C)C)c3)C(=O)C(=O)N2CCOC)c1. The largest absolute Gasteiger partial charge is 0.507 e. The van der Waals surface area contributed by atoms with Crippen LogP contribution in [-0.2, 0) is 14.3 Å². The maximum absolute atomic E-state index is 13.0. The van der Waals surface area contributed by atoms with Crippen LogP contribution in [0.2, 0.25) is 0 Å². The van der Waals surface area contributed by atoms with Gasteiger partial charge in [0.1, 0.15) is 17.3 Å². The summed E-state index contributed by atoms with van der Waals surface area (Å²) in [6, 6.07) is 13.3. The second-order valence-corrected chi connectivity index (χ2v) is 7.69. The van der Waals surface area contributed by atoms with Gasteiger partial charge in [-0.25, -0.2) is 0 Å². The molecule has 1 aliphatic rings. The van der Waals surface area contributed by atoms with Crippen LogP contribution in [0.15, 0.2) is 54.1 Å². The average molecular weight is 440 g/mol. The topological polar surface area (TPSA) is 85.3 Å². The number of ketones is 1. The number of Topliss-reactive ketones (excluding diaryl/α,β-unsaturated/α-hetero) is 1. The summed E-state index contributed by atoms with van der Waals surface area (Å²) in [5.41, 5.74) is 1.10. The Morgan fingerprint density at radius 1 is 1.09 bits per heavy atom. The fourth-order valence-corrected chi connectivity index (χ4v) is 3.73. The van der Waals surface area contributed by atoms with Crippen molar-refractivity contribution in [2.24, 2.45) is 0 Å². The van der Waals surface area contributed by atoms with Crippen LogP contribution in [0, 0.1) is 0 Å². The summed E-state index contributed by atoms with van der Waals surface area (Å²) in [5, 5.41) is 11.2. The van der Waals surface area contributed by atoms with Gasteiger partial charge in [-0.15, -0.1) is 0 Å². The van der Waals surface area contributed by atoms with E-state index in [-0.39, 0.29) is 30.6 Å². The van der Waals surface area contributed by atoms with E-state index in [1.54, 1.807) is 42.5 Å². The minimum absolute atomic E-state index is 0.0291. The number of hydrogen-bond acceptors (Lipinski definition) is 6. The zero-order valence-electron chi connectivity index (χ0n) is 18.8. The molecule has 0 aromatic heterocycles. The van der Waals surface area contributed by atoms with E-state index < -0.39 is 17.7 Å². The Balaban J connectivity index is 2.13. The van der Waals surface area contributed by atoms with Crippen molar-refractivity contribution in [3.05, 3.63) is 65.2 Å². The number of likely N-dealkylation sites (tertiary alicyclic amines) is 1. The molecule has 0 aliphatic carbocycles. The number of aliphatic hydroxyl groups excluding tert-OH is 1. The first-order valence-corrected chi connectivity index (χ1v) is 10.6. The normalized spacial score (nSPS) is 17.8. The van der Waals surface area contributed by atoms with Gasteiger partial charge in [-0.05, 0) is 50.6 Å². The zero-order valence-corrected chi connectivity index (χ0v) is 18.8. The molecule has 1 atom stereocenters. The number of aliphatic hydroxyl groups is 1. The Hall–Kier alpha value is -3.32. The van der Waals surface area contributed by atoms with Gasteiger partial charge >= 0.3 is 0 Å². The van der Waals surface area contributed by atoms with Gasteiger partial charge in [0.05, 0.1) is 30.9 Å². The molecule has 0 spiro atoms. The standard InChI is InChI=1S/C25H29NO6/c1-5-31-19-10-6-8-17(14-19)22-21(24(28)25(29)26(22)12-13-30-4)23(27)18-9-7-11-20(15-18)32-16(2)3/h6-11,14-16,22,27H,5,12-13H2,1-4H3/b23-21-. The molecule has 1 heterocycles. The highest BCUT2D eigenvalue weighted by Gasteiger charge is 2.46. The number of amides is 1. The number of carbonyl (C=O) groups is 2. The maximum atomic E-state index is 13.0. The first kappa shape index (κ1) is 23.3. The fraction of sp³-hybridized carbons (Fsp3) is 0.360. The second kappa shape index (κ2) is 10.3. The minimum Gasteiger partial charge on any atom is -0.507 e. The second-order valence-electron chi connectivity index (χ2n) is 7.69. The summed E-state index contributed by atoms with van der Waals surface area (Å²) in [6.45, 7) is 6.63. The molecule has 1 amide bonds. The number of benzene rings is 2. The van der Waals surface area contributed by atoms with Crippen molar-refractivity contribution in [2.45, 2.75) is 32.9 Å². The van der Waals surface area contributed by atoms with E-state index in [1.807, 2.05) is 26.8 Å². The van der Waals surface area contributed by atoms with Crippen molar-refractivity contribution in [3.63, 3.8) is 0 Å². The summed E-state index contributed by atoms with van der Waals surface area (Å²) in [5.74, 6) is -0.475. The van der Waals surface area contributed by atoms with Crippen LogP contribution in [0.1, 0.15) is 37.9 Å². The van der Waals surface area contributed by atoms with E-state index in [2.05, 4.69) is 0 Å². The molecular weight excluding hydrogens is 410 g/mol. The van der Waals surface area contributed by atoms with Gasteiger partial charge in [0.15, 0.2) is 0 Å². The lowest BCUT2D eigenvalue weighted by atomic mass is 9.95. The average Bonchev–Trinajstić information content (AvgIpc) is 3.02. The monoisotopic (exact) mass is 439 g/mol. The molecular formula is C25H29NO6. The van der Waals surface area contributed by atoms with Gasteiger partial charge in [-0.3, -0.25) is 9.59 Å². The van der Waals surface area contributed by atoms with Crippen LogP contribution in [0.4, 0.5) is 0 Å². The highest BCUT2D eigenvalue weighted by Crippen LogP contribution is 2.40. The Labute approximate surface area is 188 Å². The number of hydrogen-bond donors (Lipinski definition) is 1. The van der Waals surface area contributed by atoms with Gasteiger partial charge in [-0.2, -0.15) is 0 Å². The fourth-order valence-electron chi connectivity index (χ4n) is 3.73. The van der Waals surface area contributed by atoms with Crippen LogP contribution in [0.25, 0.3) is 5.76 Å². The lowest BCUT2D eigenvalue weighted by molar-refractivity contribution is -0.140. The minimum atomic E-state index is -0.764. The number of nitrogens with zero attached hydrogens (tertiary/aromatic N) is 1. The summed E-state index contributed by atoms with van der Waals surface area (Å²) < 4.78 is 16.5. The van der Waals surface area contributed by atoms with E-state index in [4.69, 9.17) is 14.2 Å². The Morgan fingerprint density at radius 2 is 1.81 bits per heavy atom.